The zero-order valence-corrected chi connectivity index (χ0v) is 11.3. The Balaban J connectivity index is 2.04. The van der Waals surface area contributed by atoms with Crippen molar-refractivity contribution >= 4 is 17.7 Å². The van der Waals surface area contributed by atoms with E-state index in [1.165, 1.54) is 18.2 Å². The predicted molar refractivity (Wildman–Crippen MR) is 74.1 cm³/mol. The Morgan fingerprint density at radius 3 is 2.50 bits per heavy atom. The molecule has 1 aromatic rings. The second kappa shape index (κ2) is 5.81. The topological polar surface area (TPSA) is 89.9 Å². The minimum absolute atomic E-state index is 0.188. The number of anilines is 1. The van der Waals surface area contributed by atoms with Crippen molar-refractivity contribution in [3.63, 3.8) is 0 Å². The number of carbonyl (C=O) groups excluding carboxylic acids is 1. The quantitative estimate of drug-likeness (QED) is 0.792. The van der Waals surface area contributed by atoms with Crippen LogP contribution < -0.4 is 5.32 Å². The molecule has 0 saturated heterocycles. The van der Waals surface area contributed by atoms with Crippen molar-refractivity contribution in [2.45, 2.75) is 31.7 Å². The van der Waals surface area contributed by atoms with Crippen LogP contribution in [0.2, 0.25) is 0 Å². The first-order chi connectivity index (χ1) is 9.49. The average Bonchev–Trinajstić information content (AvgIpc) is 2.91. The van der Waals surface area contributed by atoms with Crippen LogP contribution in [0.15, 0.2) is 18.2 Å². The molecule has 0 bridgehead atoms. The van der Waals surface area contributed by atoms with Gasteiger partial charge >= 0.3 is 12.0 Å². The number of carboxylic acids is 1. The molecule has 2 amide bonds. The molecule has 0 heterocycles. The average molecular weight is 278 g/mol. The number of aromatic carboxylic acids is 1. The summed E-state index contributed by atoms with van der Waals surface area (Å²) in [6.07, 6.45) is 4.28. The maximum Gasteiger partial charge on any atom is 0.339 e. The molecule has 2 rings (SSSR count). The van der Waals surface area contributed by atoms with E-state index in [9.17, 15) is 14.7 Å². The second-order valence-electron chi connectivity index (χ2n) is 5.02. The highest BCUT2D eigenvalue weighted by molar-refractivity contribution is 5.94. The molecule has 0 aliphatic heterocycles. The van der Waals surface area contributed by atoms with Gasteiger partial charge in [0.25, 0.3) is 0 Å². The van der Waals surface area contributed by atoms with Gasteiger partial charge in [0.15, 0.2) is 0 Å². The third-order valence-corrected chi connectivity index (χ3v) is 3.67. The molecule has 1 fully saturated rings. The highest BCUT2D eigenvalue weighted by Gasteiger charge is 2.23. The van der Waals surface area contributed by atoms with Crippen LogP contribution in [0, 0.1) is 0 Å². The third kappa shape index (κ3) is 3.01. The summed E-state index contributed by atoms with van der Waals surface area (Å²) >= 11 is 0. The van der Waals surface area contributed by atoms with Gasteiger partial charge < -0.3 is 20.4 Å². The molecule has 108 valence electrons. The summed E-state index contributed by atoms with van der Waals surface area (Å²) in [4.78, 5) is 24.5. The van der Waals surface area contributed by atoms with Gasteiger partial charge in [-0.1, -0.05) is 12.8 Å². The number of nitrogens with one attached hydrogen (secondary N) is 1. The van der Waals surface area contributed by atoms with Gasteiger partial charge in [0, 0.05) is 24.8 Å². The fourth-order valence-corrected chi connectivity index (χ4v) is 2.46. The van der Waals surface area contributed by atoms with E-state index in [0.717, 1.165) is 25.7 Å². The highest BCUT2D eigenvalue weighted by Crippen LogP contribution is 2.25. The monoisotopic (exact) mass is 278 g/mol. The van der Waals surface area contributed by atoms with Crippen LogP contribution in [-0.4, -0.2) is 40.2 Å². The molecule has 20 heavy (non-hydrogen) atoms. The molecule has 0 spiro atoms. The van der Waals surface area contributed by atoms with E-state index in [2.05, 4.69) is 5.32 Å². The van der Waals surface area contributed by atoms with Crippen LogP contribution >= 0.6 is 0 Å². The number of hydrogen-bond donors (Lipinski definition) is 3. The van der Waals surface area contributed by atoms with E-state index in [-0.39, 0.29) is 23.4 Å². The number of urea groups is 1. The summed E-state index contributed by atoms with van der Waals surface area (Å²) in [5, 5.41) is 21.1. The fraction of sp³-hybridized carbons (Fsp3) is 0.429. The normalized spacial score (nSPS) is 15.1. The Kier molecular flexibility index (Phi) is 4.12. The van der Waals surface area contributed by atoms with Crippen molar-refractivity contribution in [3.8, 4) is 5.75 Å². The van der Waals surface area contributed by atoms with Crippen molar-refractivity contribution in [2.75, 3.05) is 12.4 Å². The van der Waals surface area contributed by atoms with Crippen LogP contribution in [0.5, 0.6) is 5.75 Å². The number of aromatic hydroxyl groups is 1. The number of benzene rings is 1. The molecule has 0 unspecified atom stereocenters. The Morgan fingerprint density at radius 1 is 1.30 bits per heavy atom. The van der Waals surface area contributed by atoms with E-state index in [0.29, 0.717) is 5.69 Å². The van der Waals surface area contributed by atoms with Gasteiger partial charge in [0.2, 0.25) is 0 Å². The molecular formula is C14H18N2O4. The lowest BCUT2D eigenvalue weighted by molar-refractivity contribution is 0.0694. The van der Waals surface area contributed by atoms with Crippen LogP contribution in [0.4, 0.5) is 10.5 Å². The minimum atomic E-state index is -1.21. The zero-order valence-electron chi connectivity index (χ0n) is 11.3. The number of carboxylic acid groups (broad SMARTS) is 1. The summed E-state index contributed by atoms with van der Waals surface area (Å²) in [5.74, 6) is -1.57. The first kappa shape index (κ1) is 14.2. The molecular weight excluding hydrogens is 260 g/mol. The van der Waals surface area contributed by atoms with Crippen molar-refractivity contribution < 1.29 is 19.8 Å². The summed E-state index contributed by atoms with van der Waals surface area (Å²) in [6, 6.07) is 3.97. The predicted octanol–water partition coefficient (Wildman–Crippen LogP) is 2.50. The lowest BCUT2D eigenvalue weighted by Gasteiger charge is -2.24. The first-order valence-electron chi connectivity index (χ1n) is 6.59. The van der Waals surface area contributed by atoms with E-state index in [1.807, 2.05) is 0 Å². The number of phenols is 1. The molecule has 0 atom stereocenters. The Bertz CT molecular complexity index is 524. The number of rotatable bonds is 3. The van der Waals surface area contributed by atoms with Gasteiger partial charge in [-0.05, 0) is 25.0 Å². The van der Waals surface area contributed by atoms with Gasteiger partial charge in [-0.3, -0.25) is 0 Å². The number of hydrogen-bond acceptors (Lipinski definition) is 3. The van der Waals surface area contributed by atoms with Crippen molar-refractivity contribution in [3.05, 3.63) is 23.8 Å². The maximum atomic E-state index is 12.0. The number of amides is 2. The molecule has 1 aliphatic carbocycles. The van der Waals surface area contributed by atoms with Crippen LogP contribution in [-0.2, 0) is 0 Å². The van der Waals surface area contributed by atoms with Crippen molar-refractivity contribution in [2.24, 2.45) is 0 Å². The Hall–Kier alpha value is -2.24. The largest absolute Gasteiger partial charge is 0.507 e. The van der Waals surface area contributed by atoms with E-state index >= 15 is 0 Å². The van der Waals surface area contributed by atoms with Gasteiger partial charge in [0.05, 0.1) is 0 Å². The maximum absolute atomic E-state index is 12.0. The smallest absolute Gasteiger partial charge is 0.339 e. The summed E-state index contributed by atoms with van der Waals surface area (Å²) < 4.78 is 0. The van der Waals surface area contributed by atoms with Crippen LogP contribution in [0.3, 0.4) is 0 Å². The van der Waals surface area contributed by atoms with Gasteiger partial charge in [-0.15, -0.1) is 0 Å². The van der Waals surface area contributed by atoms with E-state index < -0.39 is 5.97 Å². The van der Waals surface area contributed by atoms with Crippen LogP contribution in [0.25, 0.3) is 0 Å². The van der Waals surface area contributed by atoms with Gasteiger partial charge in [-0.25, -0.2) is 9.59 Å². The van der Waals surface area contributed by atoms with E-state index in [1.54, 1.807) is 11.9 Å². The van der Waals surface area contributed by atoms with Crippen molar-refractivity contribution in [1.29, 1.82) is 0 Å². The zero-order chi connectivity index (χ0) is 14.7. The van der Waals surface area contributed by atoms with Crippen molar-refractivity contribution in [1.82, 2.24) is 4.90 Å². The number of carbonyl (C=O) groups is 2. The SMILES string of the molecule is CN(C(=O)Nc1ccc(C(=O)O)c(O)c1)C1CCCC1. The standard InChI is InChI=1S/C14H18N2O4/c1-16(10-4-2-3-5-10)14(20)15-9-6-7-11(13(18)19)12(17)8-9/h6-8,10,17H,2-5H2,1H3,(H,15,20)(H,18,19). The lowest BCUT2D eigenvalue weighted by atomic mass is 10.2. The van der Waals surface area contributed by atoms with E-state index in [4.69, 9.17) is 5.11 Å². The molecule has 6 nitrogen and oxygen atoms in total. The molecule has 1 aliphatic rings. The molecule has 3 N–H and O–H groups in total. The summed E-state index contributed by atoms with van der Waals surface area (Å²) in [7, 11) is 1.75. The van der Waals surface area contributed by atoms with Crippen LogP contribution in [0.1, 0.15) is 36.0 Å². The molecule has 0 aromatic heterocycles. The van der Waals surface area contributed by atoms with Gasteiger partial charge in [-0.2, -0.15) is 0 Å². The summed E-state index contributed by atoms with van der Waals surface area (Å²) in [5.41, 5.74) is 0.189. The molecule has 6 heteroatoms. The Morgan fingerprint density at radius 2 is 1.95 bits per heavy atom. The highest BCUT2D eigenvalue weighted by atomic mass is 16.4. The minimum Gasteiger partial charge on any atom is -0.507 e. The third-order valence-electron chi connectivity index (χ3n) is 3.67. The Labute approximate surface area is 117 Å². The summed E-state index contributed by atoms with van der Waals surface area (Å²) in [6.45, 7) is 0. The molecule has 1 aromatic carbocycles. The molecule has 0 radical (unpaired) electrons. The number of nitrogens with zero attached hydrogens (tertiary/aromatic N) is 1. The second-order valence-corrected chi connectivity index (χ2v) is 5.02. The molecule has 1 saturated carbocycles. The fourth-order valence-electron chi connectivity index (χ4n) is 2.46. The lowest BCUT2D eigenvalue weighted by Crippen LogP contribution is -2.38. The first-order valence-corrected chi connectivity index (χ1v) is 6.59. The van der Waals surface area contributed by atoms with Gasteiger partial charge in [0.1, 0.15) is 11.3 Å².